The molecule has 9 nitrogen and oxygen atoms in total. The Labute approximate surface area is 151 Å². The Balaban J connectivity index is 1.68. The first kappa shape index (κ1) is 17.7. The Morgan fingerprint density at radius 3 is 2.77 bits per heavy atom. The molecule has 26 heavy (non-hydrogen) atoms. The largest absolute Gasteiger partial charge is 0.469 e. The maximum absolute atomic E-state index is 12.3. The molecule has 0 aliphatic rings. The van der Waals surface area contributed by atoms with Crippen LogP contribution in [0, 0.1) is 17.0 Å². The van der Waals surface area contributed by atoms with Crippen LogP contribution in [0.25, 0.3) is 11.5 Å². The van der Waals surface area contributed by atoms with Gasteiger partial charge in [0.15, 0.2) is 0 Å². The van der Waals surface area contributed by atoms with E-state index in [-0.39, 0.29) is 16.6 Å². The second-order valence-corrected chi connectivity index (χ2v) is 6.58. The van der Waals surface area contributed by atoms with Crippen molar-refractivity contribution in [3.63, 3.8) is 0 Å². The summed E-state index contributed by atoms with van der Waals surface area (Å²) in [7, 11) is 0. The van der Waals surface area contributed by atoms with Crippen LogP contribution in [0.1, 0.15) is 12.7 Å². The molecule has 2 aromatic heterocycles. The first-order chi connectivity index (χ1) is 12.5. The number of para-hydroxylation sites is 2. The van der Waals surface area contributed by atoms with Gasteiger partial charge in [-0.1, -0.05) is 23.9 Å². The number of aromatic nitrogens is 2. The van der Waals surface area contributed by atoms with Crippen molar-refractivity contribution in [1.82, 2.24) is 10.2 Å². The molecule has 0 saturated carbocycles. The number of carbonyl (C=O) groups is 1. The van der Waals surface area contributed by atoms with Crippen LogP contribution in [-0.4, -0.2) is 26.3 Å². The minimum Gasteiger partial charge on any atom is -0.469 e. The zero-order valence-electron chi connectivity index (χ0n) is 13.8. The summed E-state index contributed by atoms with van der Waals surface area (Å²) in [5, 5.41) is 21.0. The fourth-order valence-electron chi connectivity index (χ4n) is 2.15. The Morgan fingerprint density at radius 2 is 2.08 bits per heavy atom. The molecule has 134 valence electrons. The zero-order valence-corrected chi connectivity index (χ0v) is 14.6. The highest BCUT2D eigenvalue weighted by Crippen LogP contribution is 2.29. The first-order valence-corrected chi connectivity index (χ1v) is 8.42. The number of amides is 1. The Bertz CT molecular complexity index is 952. The van der Waals surface area contributed by atoms with E-state index in [0.717, 1.165) is 11.8 Å². The van der Waals surface area contributed by atoms with Crippen LogP contribution in [0.15, 0.2) is 50.7 Å². The standard InChI is InChI=1S/C16H14N4O5S/c1-9-11(7-8-24-9)15-18-19-16(25-15)26-10(2)14(21)17-12-5-3-4-6-13(12)20(22)23/h3-8,10H,1-2H3,(H,17,21)/t10-/m0/s1. The number of nitro benzene ring substituents is 1. The fraction of sp³-hybridized carbons (Fsp3) is 0.188. The number of anilines is 1. The van der Waals surface area contributed by atoms with E-state index < -0.39 is 16.1 Å². The molecule has 0 unspecified atom stereocenters. The van der Waals surface area contributed by atoms with Gasteiger partial charge in [-0.25, -0.2) is 0 Å². The molecule has 0 spiro atoms. The van der Waals surface area contributed by atoms with Crippen molar-refractivity contribution in [3.8, 4) is 11.5 Å². The van der Waals surface area contributed by atoms with Crippen molar-refractivity contribution >= 4 is 29.0 Å². The van der Waals surface area contributed by atoms with E-state index in [1.165, 1.54) is 24.5 Å². The SMILES string of the molecule is Cc1occc1-c1nnc(S[C@@H](C)C(=O)Nc2ccccc2[N+](=O)[O-])o1. The maximum Gasteiger partial charge on any atom is 0.292 e. The van der Waals surface area contributed by atoms with Gasteiger partial charge < -0.3 is 14.2 Å². The minimum atomic E-state index is -0.603. The number of furan rings is 1. The molecule has 1 atom stereocenters. The molecular weight excluding hydrogens is 360 g/mol. The minimum absolute atomic E-state index is 0.134. The number of rotatable bonds is 6. The predicted octanol–water partition coefficient (Wildman–Crippen LogP) is 3.67. The predicted molar refractivity (Wildman–Crippen MR) is 93.8 cm³/mol. The summed E-state index contributed by atoms with van der Waals surface area (Å²) in [6.07, 6.45) is 1.52. The first-order valence-electron chi connectivity index (χ1n) is 7.54. The van der Waals surface area contributed by atoms with Crippen molar-refractivity contribution in [2.75, 3.05) is 5.32 Å². The van der Waals surface area contributed by atoms with Crippen molar-refractivity contribution in [2.24, 2.45) is 0 Å². The highest BCUT2D eigenvalue weighted by Gasteiger charge is 2.22. The van der Waals surface area contributed by atoms with Gasteiger partial charge in [-0.3, -0.25) is 14.9 Å². The molecule has 0 saturated heterocycles. The molecule has 1 amide bonds. The summed E-state index contributed by atoms with van der Waals surface area (Å²) < 4.78 is 10.7. The Morgan fingerprint density at radius 1 is 1.31 bits per heavy atom. The molecule has 1 N–H and O–H groups in total. The summed E-state index contributed by atoms with van der Waals surface area (Å²) in [5.74, 6) is 0.529. The topological polar surface area (TPSA) is 124 Å². The van der Waals surface area contributed by atoms with Crippen molar-refractivity contribution in [2.45, 2.75) is 24.3 Å². The third-order valence-electron chi connectivity index (χ3n) is 3.50. The lowest BCUT2D eigenvalue weighted by Crippen LogP contribution is -2.22. The monoisotopic (exact) mass is 374 g/mol. The van der Waals surface area contributed by atoms with Crippen LogP contribution in [0.4, 0.5) is 11.4 Å². The smallest absolute Gasteiger partial charge is 0.292 e. The Hall–Kier alpha value is -3.14. The molecule has 0 bridgehead atoms. The van der Waals surface area contributed by atoms with E-state index in [1.807, 2.05) is 0 Å². The number of carbonyl (C=O) groups excluding carboxylic acids is 1. The van der Waals surface area contributed by atoms with Gasteiger partial charge in [0.1, 0.15) is 11.4 Å². The highest BCUT2D eigenvalue weighted by molar-refractivity contribution is 8.00. The van der Waals surface area contributed by atoms with Crippen LogP contribution in [0.5, 0.6) is 0 Å². The van der Waals surface area contributed by atoms with Crippen LogP contribution in [-0.2, 0) is 4.79 Å². The second kappa shape index (κ2) is 7.40. The second-order valence-electron chi connectivity index (χ2n) is 5.29. The lowest BCUT2D eigenvalue weighted by molar-refractivity contribution is -0.383. The highest BCUT2D eigenvalue weighted by atomic mass is 32.2. The van der Waals surface area contributed by atoms with Crippen molar-refractivity contribution in [3.05, 3.63) is 52.5 Å². The molecule has 0 aliphatic carbocycles. The quantitative estimate of drug-likeness (QED) is 0.394. The normalized spacial score (nSPS) is 11.9. The molecule has 0 aliphatic heterocycles. The van der Waals surface area contributed by atoms with E-state index in [1.54, 1.807) is 26.0 Å². The van der Waals surface area contributed by atoms with Gasteiger partial charge in [0.25, 0.3) is 16.8 Å². The molecule has 10 heteroatoms. The van der Waals surface area contributed by atoms with E-state index >= 15 is 0 Å². The third kappa shape index (κ3) is 3.75. The summed E-state index contributed by atoms with van der Waals surface area (Å²) in [6.45, 7) is 3.41. The average Bonchev–Trinajstić information content (AvgIpc) is 3.23. The zero-order chi connectivity index (χ0) is 18.7. The number of hydrogen-bond donors (Lipinski definition) is 1. The van der Waals surface area contributed by atoms with Crippen LogP contribution < -0.4 is 5.32 Å². The van der Waals surface area contributed by atoms with Gasteiger partial charge in [0.2, 0.25) is 5.91 Å². The average molecular weight is 374 g/mol. The number of thioether (sulfide) groups is 1. The van der Waals surface area contributed by atoms with Crippen molar-refractivity contribution in [1.29, 1.82) is 0 Å². The number of nitrogens with zero attached hydrogens (tertiary/aromatic N) is 3. The fourth-order valence-corrected chi connectivity index (χ4v) is 2.83. The van der Waals surface area contributed by atoms with Gasteiger partial charge in [-0.15, -0.1) is 10.2 Å². The van der Waals surface area contributed by atoms with Gasteiger partial charge >= 0.3 is 0 Å². The van der Waals surface area contributed by atoms with Crippen LogP contribution in [0.3, 0.4) is 0 Å². The van der Waals surface area contributed by atoms with Crippen molar-refractivity contribution < 1.29 is 18.6 Å². The number of nitrogens with one attached hydrogen (secondary N) is 1. The number of nitro groups is 1. The lowest BCUT2D eigenvalue weighted by Gasteiger charge is -2.09. The maximum atomic E-state index is 12.3. The van der Waals surface area contributed by atoms with Gasteiger partial charge in [-0.05, 0) is 26.0 Å². The van der Waals surface area contributed by atoms with Gasteiger partial charge in [0, 0.05) is 6.07 Å². The van der Waals surface area contributed by atoms with E-state index in [9.17, 15) is 14.9 Å². The molecule has 0 radical (unpaired) electrons. The third-order valence-corrected chi connectivity index (χ3v) is 4.44. The number of hydrogen-bond acceptors (Lipinski definition) is 8. The van der Waals surface area contributed by atoms with Crippen LogP contribution >= 0.6 is 11.8 Å². The summed E-state index contributed by atoms with van der Waals surface area (Å²) in [6, 6.07) is 7.65. The molecule has 3 aromatic rings. The van der Waals surface area contributed by atoms with E-state index in [2.05, 4.69) is 15.5 Å². The van der Waals surface area contributed by atoms with Crippen LogP contribution in [0.2, 0.25) is 0 Å². The molecule has 3 rings (SSSR count). The molecule has 1 aromatic carbocycles. The molecule has 0 fully saturated rings. The summed E-state index contributed by atoms with van der Waals surface area (Å²) >= 11 is 1.06. The lowest BCUT2D eigenvalue weighted by atomic mass is 10.2. The van der Waals surface area contributed by atoms with Gasteiger partial charge in [-0.2, -0.15) is 0 Å². The van der Waals surface area contributed by atoms with E-state index in [4.69, 9.17) is 8.83 Å². The number of aryl methyl sites for hydroxylation is 1. The van der Waals surface area contributed by atoms with E-state index in [0.29, 0.717) is 17.2 Å². The Kier molecular flexibility index (Phi) is 5.03. The molecular formula is C16H14N4O5S. The summed E-state index contributed by atoms with van der Waals surface area (Å²) in [4.78, 5) is 22.8. The van der Waals surface area contributed by atoms with Gasteiger partial charge in [0.05, 0.1) is 22.0 Å². The molecule has 2 heterocycles. The summed E-state index contributed by atoms with van der Waals surface area (Å²) in [5.41, 5.74) is 0.644. The number of benzene rings is 1.